The van der Waals surface area contributed by atoms with Crippen LogP contribution < -0.4 is 12.4 Å². The van der Waals surface area contributed by atoms with Crippen molar-refractivity contribution in [3.63, 3.8) is 0 Å². The van der Waals surface area contributed by atoms with Crippen molar-refractivity contribution < 1.29 is 21.3 Å². The van der Waals surface area contributed by atoms with Gasteiger partial charge >= 0.3 is 0 Å². The van der Waals surface area contributed by atoms with Crippen LogP contribution in [0.25, 0.3) is 0 Å². The molecule has 0 aliphatic heterocycles. The molecule has 2 nitrogen and oxygen atoms in total. The molecule has 0 amide bonds. The highest BCUT2D eigenvalue weighted by molar-refractivity contribution is 4.96. The molecule has 0 N–H and O–H groups in total. The fourth-order valence-electron chi connectivity index (χ4n) is 3.64. The molecule has 0 spiro atoms. The molecule has 1 aromatic rings. The molecule has 0 saturated carbocycles. The van der Waals surface area contributed by atoms with E-state index in [2.05, 4.69) is 27.1 Å². The Balaban J connectivity index is 0.00000625. The van der Waals surface area contributed by atoms with Crippen LogP contribution >= 0.6 is 0 Å². The van der Waals surface area contributed by atoms with E-state index in [0.717, 1.165) is 16.8 Å². The van der Waals surface area contributed by atoms with Gasteiger partial charge in [-0.2, -0.15) is 0 Å². The summed E-state index contributed by atoms with van der Waals surface area (Å²) < 4.78 is 6.51. The third kappa shape index (κ3) is 14.7. The molecule has 1 aromatic heterocycles. The largest absolute Gasteiger partial charge is 1.00 e. The third-order valence-corrected chi connectivity index (χ3v) is 5.28. The minimum atomic E-state index is 0. The summed E-state index contributed by atoms with van der Waals surface area (Å²) in [5.74, 6) is 1.11. The molecule has 0 aromatic carbocycles. The van der Waals surface area contributed by atoms with Crippen molar-refractivity contribution >= 4 is 0 Å². The van der Waals surface area contributed by atoms with Crippen LogP contribution in [0.5, 0.6) is 0 Å². The van der Waals surface area contributed by atoms with E-state index in [-0.39, 0.29) is 12.4 Å². The Hall–Kier alpha value is -0.470. The van der Waals surface area contributed by atoms with Crippen LogP contribution in [0.2, 0.25) is 0 Å². The Morgan fingerprint density at radius 3 is 1.62 bits per heavy atom. The second-order valence-electron chi connectivity index (χ2n) is 8.49. The van der Waals surface area contributed by atoms with Crippen LogP contribution in [-0.4, -0.2) is 25.1 Å². The Morgan fingerprint density at radius 1 is 0.731 bits per heavy atom. The van der Waals surface area contributed by atoms with E-state index < -0.39 is 0 Å². The number of nitrogens with zero attached hydrogens (tertiary/aromatic N) is 1. The van der Waals surface area contributed by atoms with E-state index in [0.29, 0.717) is 0 Å². The number of unbranched alkanes of at least 4 members (excludes halogenated alkanes) is 13. The second kappa shape index (κ2) is 16.7. The molecule has 0 saturated heterocycles. The van der Waals surface area contributed by atoms with Crippen molar-refractivity contribution in [1.82, 2.24) is 0 Å². The first-order chi connectivity index (χ1) is 12.1. The summed E-state index contributed by atoms with van der Waals surface area (Å²) in [5.41, 5.74) is 0. The van der Waals surface area contributed by atoms with Crippen LogP contribution in [0.3, 0.4) is 0 Å². The van der Waals surface area contributed by atoms with Gasteiger partial charge in [-0.25, -0.2) is 0 Å². The summed E-state index contributed by atoms with van der Waals surface area (Å²) in [4.78, 5) is 0. The summed E-state index contributed by atoms with van der Waals surface area (Å²) in [5, 5.41) is 0. The molecule has 0 radical (unpaired) electrons. The molecule has 0 atom stereocenters. The smallest absolute Gasteiger partial charge is 0.158 e. The van der Waals surface area contributed by atoms with Gasteiger partial charge in [0.15, 0.2) is 5.76 Å². The van der Waals surface area contributed by atoms with Crippen molar-refractivity contribution in [1.29, 1.82) is 0 Å². The van der Waals surface area contributed by atoms with E-state index in [1.54, 1.807) is 6.26 Å². The first-order valence-electron chi connectivity index (χ1n) is 11.0. The normalized spacial score (nSPS) is 11.5. The highest BCUT2D eigenvalue weighted by atomic mass is 35.5. The van der Waals surface area contributed by atoms with Crippen molar-refractivity contribution in [2.75, 3.05) is 20.6 Å². The van der Waals surface area contributed by atoms with Gasteiger partial charge < -0.3 is 21.3 Å². The highest BCUT2D eigenvalue weighted by Gasteiger charge is 2.16. The van der Waals surface area contributed by atoms with Crippen LogP contribution in [0.15, 0.2) is 22.8 Å². The quantitative estimate of drug-likeness (QED) is 0.287. The first kappa shape index (κ1) is 25.5. The molecular weight excluding hydrogens is 342 g/mol. The lowest BCUT2D eigenvalue weighted by Crippen LogP contribution is -3.00. The molecule has 1 heterocycles. The molecule has 26 heavy (non-hydrogen) atoms. The molecule has 1 rings (SSSR count). The molecular formula is C23H44ClNO. The van der Waals surface area contributed by atoms with Crippen LogP contribution in [0.1, 0.15) is 103 Å². The lowest BCUT2D eigenvalue weighted by atomic mass is 10.0. The molecule has 0 unspecified atom stereocenters. The second-order valence-corrected chi connectivity index (χ2v) is 8.49. The Kier molecular flexibility index (Phi) is 16.4. The standard InChI is InChI=1S/C23H44NO.ClH/c1-4-5-6-7-8-9-10-11-12-13-14-15-16-17-20-24(2,3)22-23-19-18-21-25-23;/h18-19,21H,4-17,20,22H2,1-3H3;1H/q+1;/p-1. The number of rotatable bonds is 17. The lowest BCUT2D eigenvalue weighted by molar-refractivity contribution is -0.904. The van der Waals surface area contributed by atoms with Gasteiger partial charge in [-0.15, -0.1) is 0 Å². The summed E-state index contributed by atoms with van der Waals surface area (Å²) in [7, 11) is 4.62. The van der Waals surface area contributed by atoms with E-state index >= 15 is 0 Å². The molecule has 0 bridgehead atoms. The van der Waals surface area contributed by atoms with E-state index in [1.165, 1.54) is 96.4 Å². The number of hydrogen-bond donors (Lipinski definition) is 0. The highest BCUT2D eigenvalue weighted by Crippen LogP contribution is 2.15. The number of furan rings is 1. The monoisotopic (exact) mass is 385 g/mol. The van der Waals surface area contributed by atoms with Gasteiger partial charge in [0.05, 0.1) is 26.9 Å². The average Bonchev–Trinajstić information content (AvgIpc) is 3.07. The fraction of sp³-hybridized carbons (Fsp3) is 0.826. The predicted octanol–water partition coefficient (Wildman–Crippen LogP) is 4.34. The number of halogens is 1. The maximum Gasteiger partial charge on any atom is 0.158 e. The van der Waals surface area contributed by atoms with Gasteiger partial charge in [-0.05, 0) is 25.0 Å². The van der Waals surface area contributed by atoms with Crippen LogP contribution in [0.4, 0.5) is 0 Å². The summed E-state index contributed by atoms with van der Waals surface area (Å²) in [6, 6.07) is 4.08. The molecule has 3 heteroatoms. The fourth-order valence-corrected chi connectivity index (χ4v) is 3.64. The van der Waals surface area contributed by atoms with Gasteiger partial charge in [0.1, 0.15) is 6.54 Å². The van der Waals surface area contributed by atoms with Crippen molar-refractivity contribution in [2.24, 2.45) is 0 Å². The first-order valence-corrected chi connectivity index (χ1v) is 11.0. The molecule has 154 valence electrons. The molecule has 0 aliphatic carbocycles. The Morgan fingerprint density at radius 2 is 1.19 bits per heavy atom. The number of quaternary nitrogens is 1. The Bertz CT molecular complexity index is 389. The molecule has 0 fully saturated rings. The molecule has 0 aliphatic rings. The van der Waals surface area contributed by atoms with Crippen molar-refractivity contribution in [3.05, 3.63) is 24.2 Å². The van der Waals surface area contributed by atoms with E-state index in [1.807, 2.05) is 6.07 Å². The number of hydrogen-bond acceptors (Lipinski definition) is 1. The predicted molar refractivity (Wildman–Crippen MR) is 110 cm³/mol. The van der Waals surface area contributed by atoms with Gasteiger partial charge in [-0.1, -0.05) is 84.0 Å². The van der Waals surface area contributed by atoms with E-state index in [9.17, 15) is 0 Å². The SMILES string of the molecule is CCCCCCCCCCCCCCCC[N+](C)(C)Cc1ccco1.[Cl-]. The topological polar surface area (TPSA) is 13.1 Å². The van der Waals surface area contributed by atoms with E-state index in [4.69, 9.17) is 4.42 Å². The minimum absolute atomic E-state index is 0. The van der Waals surface area contributed by atoms with Gasteiger partial charge in [-0.3, -0.25) is 0 Å². The maximum atomic E-state index is 5.48. The summed E-state index contributed by atoms with van der Waals surface area (Å²) in [6.07, 6.45) is 21.8. The van der Waals surface area contributed by atoms with Crippen LogP contribution in [-0.2, 0) is 6.54 Å². The maximum absolute atomic E-state index is 5.48. The Labute approximate surface area is 169 Å². The van der Waals surface area contributed by atoms with Gasteiger partial charge in [0, 0.05) is 0 Å². The minimum Gasteiger partial charge on any atom is -1.00 e. The lowest BCUT2D eigenvalue weighted by Gasteiger charge is -2.28. The van der Waals surface area contributed by atoms with Gasteiger partial charge in [0.2, 0.25) is 0 Å². The van der Waals surface area contributed by atoms with Crippen molar-refractivity contribution in [3.8, 4) is 0 Å². The zero-order chi connectivity index (χ0) is 18.2. The summed E-state index contributed by atoms with van der Waals surface area (Å²) >= 11 is 0. The van der Waals surface area contributed by atoms with Gasteiger partial charge in [0.25, 0.3) is 0 Å². The third-order valence-electron chi connectivity index (χ3n) is 5.28. The van der Waals surface area contributed by atoms with Crippen molar-refractivity contribution in [2.45, 2.75) is 103 Å². The summed E-state index contributed by atoms with van der Waals surface area (Å²) in [6.45, 7) is 4.55. The zero-order valence-corrected chi connectivity index (χ0v) is 18.5. The van der Waals surface area contributed by atoms with Crippen LogP contribution in [0, 0.1) is 0 Å². The zero-order valence-electron chi connectivity index (χ0n) is 17.8. The average molecular weight is 386 g/mol.